The molecule has 3 atom stereocenters. The van der Waals surface area contributed by atoms with Gasteiger partial charge in [-0.1, -0.05) is 16.9 Å². The number of aromatic nitrogens is 5. The molecule has 0 aromatic carbocycles. The van der Waals surface area contributed by atoms with Crippen molar-refractivity contribution in [3.8, 4) is 0 Å². The van der Waals surface area contributed by atoms with E-state index >= 15 is 0 Å². The summed E-state index contributed by atoms with van der Waals surface area (Å²) in [5.41, 5.74) is 5.03. The van der Waals surface area contributed by atoms with Crippen LogP contribution in [-0.4, -0.2) is 125 Å². The SMILES string of the molecule is CON=CC=C(C(=O)NC1C(=O)N2CC(CSc3nnnn3C)(C(=O)O)CS[C@H]12)c1csc(N)n1.[NaH]. The first kappa shape index (κ1) is 28.4. The van der Waals surface area contributed by atoms with Gasteiger partial charge in [0, 0.05) is 30.5 Å². The number of carbonyl (C=O) groups is 3. The number of anilines is 1. The number of nitrogens with zero attached hydrogens (tertiary/aromatic N) is 7. The molecule has 18 heteroatoms. The molecule has 0 saturated carbocycles. The van der Waals surface area contributed by atoms with Crippen molar-refractivity contribution in [2.24, 2.45) is 17.6 Å². The van der Waals surface area contributed by atoms with Gasteiger partial charge in [-0.25, -0.2) is 9.67 Å². The summed E-state index contributed by atoms with van der Waals surface area (Å²) in [5.74, 6) is -1.44. The molecule has 2 aromatic heterocycles. The number of aliphatic carboxylic acids is 1. The summed E-state index contributed by atoms with van der Waals surface area (Å²) < 4.78 is 1.46. The molecule has 2 aliphatic rings. The minimum absolute atomic E-state index is 0. The van der Waals surface area contributed by atoms with Crippen LogP contribution < -0.4 is 11.1 Å². The predicted octanol–water partition coefficient (Wildman–Crippen LogP) is -1.12. The summed E-state index contributed by atoms with van der Waals surface area (Å²) in [7, 11) is 3.03. The molecule has 4 N–H and O–H groups in total. The van der Waals surface area contributed by atoms with Gasteiger partial charge in [0.2, 0.25) is 11.1 Å². The number of hydrogen-bond donors (Lipinski definition) is 3. The average Bonchev–Trinajstić information content (AvgIpc) is 3.46. The number of β-lactam (4-membered cyclic amide) rings is 1. The Morgan fingerprint density at radius 1 is 1.50 bits per heavy atom. The fraction of sp³-hybridized carbons (Fsp3) is 0.444. The Labute approximate surface area is 239 Å². The molecular weight excluding hydrogens is 541 g/mol. The summed E-state index contributed by atoms with van der Waals surface area (Å²) in [5, 5.41) is 29.5. The molecule has 2 unspecified atom stereocenters. The number of tetrazole rings is 1. The van der Waals surface area contributed by atoms with Crippen molar-refractivity contribution in [2.45, 2.75) is 16.6 Å². The summed E-state index contributed by atoms with van der Waals surface area (Å²) in [4.78, 5) is 48.4. The van der Waals surface area contributed by atoms with Gasteiger partial charge in [0.25, 0.3) is 5.91 Å². The van der Waals surface area contributed by atoms with Crippen LogP contribution >= 0.6 is 34.9 Å². The Bertz CT molecular complexity index is 1200. The minimum atomic E-state index is -1.18. The van der Waals surface area contributed by atoms with Crippen LogP contribution in [0.25, 0.3) is 5.57 Å². The zero-order valence-corrected chi connectivity index (χ0v) is 21.0. The van der Waals surface area contributed by atoms with E-state index in [2.05, 4.69) is 35.8 Å². The van der Waals surface area contributed by atoms with Crippen LogP contribution in [0, 0.1) is 5.41 Å². The van der Waals surface area contributed by atoms with E-state index in [9.17, 15) is 19.5 Å². The average molecular weight is 564 g/mol. The van der Waals surface area contributed by atoms with Gasteiger partial charge in [0.1, 0.15) is 23.9 Å². The third-order valence-electron chi connectivity index (χ3n) is 5.39. The Morgan fingerprint density at radius 2 is 2.28 bits per heavy atom. The van der Waals surface area contributed by atoms with Crippen molar-refractivity contribution in [3.63, 3.8) is 0 Å². The normalized spacial score (nSPS) is 23.6. The number of nitrogen functional groups attached to an aromatic ring is 1. The van der Waals surface area contributed by atoms with Gasteiger partial charge in [-0.15, -0.1) is 28.2 Å². The van der Waals surface area contributed by atoms with E-state index in [1.807, 2.05) is 0 Å². The van der Waals surface area contributed by atoms with Gasteiger partial charge in [-0.2, -0.15) is 0 Å². The van der Waals surface area contributed by atoms with Gasteiger partial charge in [0.05, 0.1) is 17.5 Å². The van der Waals surface area contributed by atoms with E-state index in [4.69, 9.17) is 5.73 Å². The molecule has 0 radical (unpaired) electrons. The number of carboxylic acid groups (broad SMARTS) is 1. The van der Waals surface area contributed by atoms with Crippen LogP contribution in [0.3, 0.4) is 0 Å². The van der Waals surface area contributed by atoms with E-state index in [1.54, 1.807) is 12.4 Å². The maximum absolute atomic E-state index is 13.0. The molecular formula is C18H22N9NaO5S3. The second-order valence-corrected chi connectivity index (χ2v) is 10.6. The number of oxime groups is 1. The molecule has 188 valence electrons. The van der Waals surface area contributed by atoms with E-state index in [-0.39, 0.29) is 69.6 Å². The number of amides is 2. The number of allylic oxidation sites excluding steroid dienone is 1. The van der Waals surface area contributed by atoms with Crippen molar-refractivity contribution < 1.29 is 24.3 Å². The number of carboxylic acids is 1. The number of nitrogens with one attached hydrogen (secondary N) is 1. The van der Waals surface area contributed by atoms with Gasteiger partial charge >= 0.3 is 35.5 Å². The first-order valence-corrected chi connectivity index (χ1v) is 13.0. The van der Waals surface area contributed by atoms with E-state index in [0.29, 0.717) is 10.9 Å². The molecule has 2 aliphatic heterocycles. The third-order valence-corrected chi connectivity index (χ3v) is 8.96. The summed E-state index contributed by atoms with van der Waals surface area (Å²) in [6, 6.07) is -0.798. The quantitative estimate of drug-likeness (QED) is 0.0833. The second-order valence-electron chi connectivity index (χ2n) is 7.67. The third kappa shape index (κ3) is 5.70. The molecule has 0 spiro atoms. The second kappa shape index (κ2) is 11.9. The van der Waals surface area contributed by atoms with Crippen LogP contribution in [0.4, 0.5) is 5.13 Å². The van der Waals surface area contributed by atoms with Crippen molar-refractivity contribution >= 4 is 99.1 Å². The van der Waals surface area contributed by atoms with Gasteiger partial charge in [-0.05, 0) is 16.5 Å². The van der Waals surface area contributed by atoms with Gasteiger partial charge < -0.3 is 25.9 Å². The number of rotatable bonds is 9. The van der Waals surface area contributed by atoms with E-state index in [0.717, 1.165) is 0 Å². The zero-order chi connectivity index (χ0) is 25.2. The van der Waals surface area contributed by atoms with Crippen molar-refractivity contribution in [3.05, 3.63) is 17.2 Å². The Kier molecular flexibility index (Phi) is 9.39. The Hall–Kier alpha value is -2.18. The van der Waals surface area contributed by atoms with Crippen molar-refractivity contribution in [1.82, 2.24) is 35.4 Å². The Balaban J connectivity index is 0.00000361. The summed E-state index contributed by atoms with van der Waals surface area (Å²) in [6.07, 6.45) is 2.70. The Morgan fingerprint density at radius 3 is 2.89 bits per heavy atom. The van der Waals surface area contributed by atoms with Crippen LogP contribution in [0.2, 0.25) is 0 Å². The van der Waals surface area contributed by atoms with Crippen LogP contribution in [0.5, 0.6) is 0 Å². The van der Waals surface area contributed by atoms with Gasteiger partial charge in [0.15, 0.2) is 5.13 Å². The molecule has 14 nitrogen and oxygen atoms in total. The molecule has 4 rings (SSSR count). The number of thiazole rings is 1. The maximum atomic E-state index is 13.0. The summed E-state index contributed by atoms with van der Waals surface area (Å²) >= 11 is 3.71. The number of nitrogens with two attached hydrogens (primary N) is 1. The number of hydrogen-bond acceptors (Lipinski definition) is 13. The summed E-state index contributed by atoms with van der Waals surface area (Å²) in [6.45, 7) is 0.0231. The molecule has 4 heterocycles. The van der Waals surface area contributed by atoms with Crippen LogP contribution in [-0.2, 0) is 26.3 Å². The van der Waals surface area contributed by atoms with E-state index in [1.165, 1.54) is 63.8 Å². The number of thioether (sulfide) groups is 2. The number of aryl methyl sites for hydroxylation is 1. The topological polar surface area (TPSA) is 191 Å². The van der Waals surface area contributed by atoms with Gasteiger partial charge in [-0.3, -0.25) is 14.4 Å². The standard InChI is InChI=1S/C18H21N9O5S3.Na.H/c1-26-17(23-24-25-26)35-8-18(15(30)31)6-27-13(29)11(14(27)34-7-18)22-12(28)9(3-4-20-32-2)10-5-33-16(19)21-10;;/h3-5,11,14H,6-8H2,1-2H3,(H2,19,21)(H,22,28)(H,30,31);;/t11?,14-,18?;;/m1../s1. The molecule has 0 aliphatic carbocycles. The predicted molar refractivity (Wildman–Crippen MR) is 137 cm³/mol. The molecule has 0 bridgehead atoms. The molecule has 2 saturated heterocycles. The van der Waals surface area contributed by atoms with Crippen molar-refractivity contribution in [1.29, 1.82) is 0 Å². The van der Waals surface area contributed by atoms with Crippen LogP contribution in [0.1, 0.15) is 5.69 Å². The first-order valence-electron chi connectivity index (χ1n) is 10.1. The monoisotopic (exact) mass is 563 g/mol. The molecule has 2 fully saturated rings. The fourth-order valence-corrected chi connectivity index (χ4v) is 6.80. The number of carbonyl (C=O) groups excluding carboxylic acids is 2. The zero-order valence-electron chi connectivity index (χ0n) is 18.5. The van der Waals surface area contributed by atoms with Crippen molar-refractivity contribution in [2.75, 3.05) is 30.9 Å². The first-order chi connectivity index (χ1) is 16.8. The van der Waals surface area contributed by atoms with Crippen LogP contribution in [0.15, 0.2) is 21.8 Å². The van der Waals surface area contributed by atoms with E-state index < -0.39 is 23.3 Å². The number of fused-ring (bicyclic) bond motifs is 1. The molecule has 2 aromatic rings. The molecule has 36 heavy (non-hydrogen) atoms. The fourth-order valence-electron chi connectivity index (χ4n) is 3.53. The molecule has 2 amide bonds.